The van der Waals surface area contributed by atoms with Crippen LogP contribution in [0.5, 0.6) is 0 Å². The van der Waals surface area contributed by atoms with Gasteiger partial charge in [-0.3, -0.25) is 4.79 Å². The highest BCUT2D eigenvalue weighted by Gasteiger charge is 2.23. The molecule has 0 spiro atoms. The van der Waals surface area contributed by atoms with Gasteiger partial charge in [-0.2, -0.15) is 0 Å². The first-order chi connectivity index (χ1) is 11.2. The van der Waals surface area contributed by atoms with E-state index in [0.29, 0.717) is 5.02 Å². The number of hydrogen-bond donors (Lipinski definition) is 1. The molecule has 1 aliphatic heterocycles. The number of rotatable bonds is 4. The van der Waals surface area contributed by atoms with Gasteiger partial charge in [-0.05, 0) is 42.3 Å². The number of pyridine rings is 1. The summed E-state index contributed by atoms with van der Waals surface area (Å²) in [4.78, 5) is 18.6. The molecule has 3 rings (SSSR count). The molecule has 1 aromatic heterocycles. The van der Waals surface area contributed by atoms with E-state index in [0.717, 1.165) is 30.9 Å². The molecule has 1 atom stereocenters. The summed E-state index contributed by atoms with van der Waals surface area (Å²) in [5, 5.41) is 3.73. The second-order valence-electron chi connectivity index (χ2n) is 5.51. The Morgan fingerprint density at radius 2 is 2.09 bits per heavy atom. The van der Waals surface area contributed by atoms with Crippen molar-refractivity contribution in [2.45, 2.75) is 12.5 Å². The molecule has 1 unspecified atom stereocenters. The Balaban J connectivity index is 1.52. The van der Waals surface area contributed by atoms with Gasteiger partial charge in [0.25, 0.3) is 0 Å². The maximum absolute atomic E-state index is 12.0. The molecule has 1 N–H and O–H groups in total. The van der Waals surface area contributed by atoms with Gasteiger partial charge in [0.15, 0.2) is 0 Å². The summed E-state index contributed by atoms with van der Waals surface area (Å²) in [6.07, 6.45) is 6.07. The summed E-state index contributed by atoms with van der Waals surface area (Å²) in [6.45, 7) is 1.69. The van der Waals surface area contributed by atoms with Crippen molar-refractivity contribution in [2.75, 3.05) is 18.0 Å². The zero-order valence-electron chi connectivity index (χ0n) is 12.7. The monoisotopic (exact) mass is 327 g/mol. The van der Waals surface area contributed by atoms with Gasteiger partial charge >= 0.3 is 0 Å². The van der Waals surface area contributed by atoms with Crippen molar-refractivity contribution in [3.8, 4) is 0 Å². The fraction of sp³-hybridized carbons (Fsp3) is 0.222. The zero-order valence-corrected chi connectivity index (χ0v) is 13.4. The third-order valence-corrected chi connectivity index (χ3v) is 4.06. The van der Waals surface area contributed by atoms with Gasteiger partial charge in [0, 0.05) is 36.4 Å². The lowest BCUT2D eigenvalue weighted by molar-refractivity contribution is -0.117. The predicted octanol–water partition coefficient (Wildman–Crippen LogP) is 3.14. The number of nitrogens with one attached hydrogen (secondary N) is 1. The van der Waals surface area contributed by atoms with Gasteiger partial charge in [0.2, 0.25) is 5.91 Å². The number of benzene rings is 1. The second-order valence-corrected chi connectivity index (χ2v) is 5.95. The first-order valence-electron chi connectivity index (χ1n) is 7.61. The molecule has 0 bridgehead atoms. The SMILES string of the molecule is O=C(/C=C/c1ccc(Cl)cc1)NC1CCN(c2ccccn2)C1. The molecule has 1 aliphatic rings. The lowest BCUT2D eigenvalue weighted by Crippen LogP contribution is -2.36. The van der Waals surface area contributed by atoms with Crippen LogP contribution in [0.1, 0.15) is 12.0 Å². The van der Waals surface area contributed by atoms with Crippen molar-refractivity contribution in [1.82, 2.24) is 10.3 Å². The van der Waals surface area contributed by atoms with Crippen LogP contribution in [0.2, 0.25) is 5.02 Å². The van der Waals surface area contributed by atoms with Gasteiger partial charge in [-0.25, -0.2) is 4.98 Å². The number of halogens is 1. The largest absolute Gasteiger partial charge is 0.354 e. The number of anilines is 1. The Morgan fingerprint density at radius 3 is 2.83 bits per heavy atom. The van der Waals surface area contributed by atoms with Crippen molar-refractivity contribution in [2.24, 2.45) is 0 Å². The van der Waals surface area contributed by atoms with E-state index < -0.39 is 0 Å². The Kier molecular flexibility index (Phi) is 4.93. The highest BCUT2D eigenvalue weighted by Crippen LogP contribution is 2.17. The Labute approximate surface area is 140 Å². The van der Waals surface area contributed by atoms with E-state index in [-0.39, 0.29) is 11.9 Å². The van der Waals surface area contributed by atoms with Gasteiger partial charge in [0.05, 0.1) is 0 Å². The Bertz CT molecular complexity index is 685. The van der Waals surface area contributed by atoms with Crippen LogP contribution in [0, 0.1) is 0 Å². The molecule has 0 aliphatic carbocycles. The molecular formula is C18H18ClN3O. The second kappa shape index (κ2) is 7.29. The molecular weight excluding hydrogens is 310 g/mol. The standard InChI is InChI=1S/C18H18ClN3O/c19-15-7-4-14(5-8-15)6-9-18(23)21-16-10-12-22(13-16)17-3-1-2-11-20-17/h1-9,11,16H,10,12-13H2,(H,21,23)/b9-6+. The highest BCUT2D eigenvalue weighted by atomic mass is 35.5. The van der Waals surface area contributed by atoms with Crippen LogP contribution in [-0.4, -0.2) is 30.0 Å². The lowest BCUT2D eigenvalue weighted by Gasteiger charge is -2.17. The molecule has 118 valence electrons. The molecule has 0 saturated carbocycles. The van der Waals surface area contributed by atoms with E-state index in [1.807, 2.05) is 30.3 Å². The van der Waals surface area contributed by atoms with Crippen molar-refractivity contribution >= 4 is 29.4 Å². The molecule has 23 heavy (non-hydrogen) atoms. The minimum atomic E-state index is -0.0761. The van der Waals surface area contributed by atoms with E-state index in [9.17, 15) is 4.79 Å². The van der Waals surface area contributed by atoms with Gasteiger partial charge in [-0.1, -0.05) is 29.8 Å². The number of amides is 1. The quantitative estimate of drug-likeness (QED) is 0.877. The third kappa shape index (κ3) is 4.33. The minimum absolute atomic E-state index is 0.0761. The van der Waals surface area contributed by atoms with Gasteiger partial charge in [0.1, 0.15) is 5.82 Å². The molecule has 2 heterocycles. The third-order valence-electron chi connectivity index (χ3n) is 3.81. The fourth-order valence-electron chi connectivity index (χ4n) is 2.62. The van der Waals surface area contributed by atoms with E-state index in [4.69, 9.17) is 11.6 Å². The van der Waals surface area contributed by atoms with Gasteiger partial charge in [-0.15, -0.1) is 0 Å². The van der Waals surface area contributed by atoms with Gasteiger partial charge < -0.3 is 10.2 Å². The summed E-state index contributed by atoms with van der Waals surface area (Å²) in [5.74, 6) is 0.883. The molecule has 0 radical (unpaired) electrons. The number of aromatic nitrogens is 1. The maximum Gasteiger partial charge on any atom is 0.244 e. The number of carbonyl (C=O) groups is 1. The van der Waals surface area contributed by atoms with Crippen LogP contribution in [0.3, 0.4) is 0 Å². The molecule has 1 saturated heterocycles. The average molecular weight is 328 g/mol. The van der Waals surface area contributed by atoms with E-state index in [2.05, 4.69) is 15.2 Å². The molecule has 1 fully saturated rings. The van der Waals surface area contributed by atoms with Crippen LogP contribution in [0.15, 0.2) is 54.7 Å². The Hall–Kier alpha value is -2.33. The Morgan fingerprint density at radius 1 is 1.26 bits per heavy atom. The molecule has 1 amide bonds. The summed E-state index contributed by atoms with van der Waals surface area (Å²) in [5.41, 5.74) is 0.950. The van der Waals surface area contributed by atoms with E-state index >= 15 is 0 Å². The van der Waals surface area contributed by atoms with E-state index in [1.54, 1.807) is 30.5 Å². The number of nitrogens with zero attached hydrogens (tertiary/aromatic N) is 2. The molecule has 5 heteroatoms. The molecule has 2 aromatic rings. The van der Waals surface area contributed by atoms with Crippen LogP contribution in [-0.2, 0) is 4.79 Å². The normalized spacial score (nSPS) is 17.6. The van der Waals surface area contributed by atoms with Crippen LogP contribution < -0.4 is 10.2 Å². The van der Waals surface area contributed by atoms with Crippen molar-refractivity contribution in [3.05, 3.63) is 65.3 Å². The fourth-order valence-corrected chi connectivity index (χ4v) is 2.75. The van der Waals surface area contributed by atoms with Crippen LogP contribution in [0.25, 0.3) is 6.08 Å². The van der Waals surface area contributed by atoms with Crippen molar-refractivity contribution in [3.63, 3.8) is 0 Å². The predicted molar refractivity (Wildman–Crippen MR) is 93.5 cm³/mol. The lowest BCUT2D eigenvalue weighted by atomic mass is 10.2. The van der Waals surface area contributed by atoms with E-state index in [1.165, 1.54) is 0 Å². The minimum Gasteiger partial charge on any atom is -0.354 e. The number of carbonyl (C=O) groups excluding carboxylic acids is 1. The average Bonchev–Trinajstić information content (AvgIpc) is 3.04. The van der Waals surface area contributed by atoms with Crippen molar-refractivity contribution < 1.29 is 4.79 Å². The zero-order chi connectivity index (χ0) is 16.1. The summed E-state index contributed by atoms with van der Waals surface area (Å²) in [6, 6.07) is 13.4. The summed E-state index contributed by atoms with van der Waals surface area (Å²) in [7, 11) is 0. The smallest absolute Gasteiger partial charge is 0.244 e. The highest BCUT2D eigenvalue weighted by molar-refractivity contribution is 6.30. The number of hydrogen-bond acceptors (Lipinski definition) is 3. The van der Waals surface area contributed by atoms with Crippen LogP contribution >= 0.6 is 11.6 Å². The topological polar surface area (TPSA) is 45.2 Å². The summed E-state index contributed by atoms with van der Waals surface area (Å²) >= 11 is 5.84. The summed E-state index contributed by atoms with van der Waals surface area (Å²) < 4.78 is 0. The first kappa shape index (κ1) is 15.6. The van der Waals surface area contributed by atoms with Crippen molar-refractivity contribution in [1.29, 1.82) is 0 Å². The first-order valence-corrected chi connectivity index (χ1v) is 7.98. The molecule has 4 nitrogen and oxygen atoms in total. The van der Waals surface area contributed by atoms with Crippen LogP contribution in [0.4, 0.5) is 5.82 Å². The molecule has 1 aromatic carbocycles. The maximum atomic E-state index is 12.0.